The Kier molecular flexibility index (Phi) is 5.06. The van der Waals surface area contributed by atoms with Crippen LogP contribution in [0.5, 0.6) is 11.5 Å². The largest absolute Gasteiger partial charge is 0.493 e. The van der Waals surface area contributed by atoms with E-state index in [1.807, 2.05) is 12.1 Å². The fraction of sp³-hybridized carbons (Fsp3) is 0.682. The molecular formula is C22H31NO4. The first-order valence-electron chi connectivity index (χ1n) is 10.2. The average Bonchev–Trinajstić information content (AvgIpc) is 3.37. The third-order valence-electron chi connectivity index (χ3n) is 6.94. The van der Waals surface area contributed by atoms with Crippen molar-refractivity contribution in [2.24, 2.45) is 5.41 Å². The predicted molar refractivity (Wildman–Crippen MR) is 103 cm³/mol. The maximum atomic E-state index is 13.8. The lowest BCUT2D eigenvalue weighted by Gasteiger charge is -2.43. The first-order chi connectivity index (χ1) is 13.1. The Bertz CT molecular complexity index is 690. The van der Waals surface area contributed by atoms with Crippen LogP contribution in [0.15, 0.2) is 18.2 Å². The second kappa shape index (κ2) is 7.34. The Balaban J connectivity index is 1.64. The summed E-state index contributed by atoms with van der Waals surface area (Å²) < 4.78 is 16.6. The smallest absolute Gasteiger partial charge is 0.233 e. The van der Waals surface area contributed by atoms with Crippen molar-refractivity contribution in [2.45, 2.75) is 50.4 Å². The van der Waals surface area contributed by atoms with Crippen LogP contribution >= 0.6 is 0 Å². The highest BCUT2D eigenvalue weighted by Crippen LogP contribution is 2.46. The van der Waals surface area contributed by atoms with Gasteiger partial charge in [-0.15, -0.1) is 0 Å². The summed E-state index contributed by atoms with van der Waals surface area (Å²) in [5, 5.41) is 0. The van der Waals surface area contributed by atoms with Crippen LogP contribution in [0, 0.1) is 5.41 Å². The number of piperidine rings is 1. The van der Waals surface area contributed by atoms with Crippen molar-refractivity contribution in [3.63, 3.8) is 0 Å². The van der Waals surface area contributed by atoms with E-state index in [-0.39, 0.29) is 5.41 Å². The molecule has 1 saturated carbocycles. The summed E-state index contributed by atoms with van der Waals surface area (Å²) in [5.74, 6) is 1.72. The number of hydrogen-bond acceptors (Lipinski definition) is 4. The predicted octanol–water partition coefficient (Wildman–Crippen LogP) is 3.54. The lowest BCUT2D eigenvalue weighted by molar-refractivity contribution is -0.141. The van der Waals surface area contributed by atoms with Gasteiger partial charge < -0.3 is 19.1 Å². The van der Waals surface area contributed by atoms with Gasteiger partial charge in [0.25, 0.3) is 0 Å². The number of nitrogens with zero attached hydrogens (tertiary/aromatic N) is 1. The zero-order chi connectivity index (χ0) is 18.9. The van der Waals surface area contributed by atoms with Crippen molar-refractivity contribution < 1.29 is 19.0 Å². The number of amides is 1. The van der Waals surface area contributed by atoms with Gasteiger partial charge in [-0.25, -0.2) is 0 Å². The van der Waals surface area contributed by atoms with Crippen LogP contribution in [0.3, 0.4) is 0 Å². The van der Waals surface area contributed by atoms with E-state index in [0.717, 1.165) is 70.4 Å². The molecule has 3 fully saturated rings. The second-order valence-corrected chi connectivity index (χ2v) is 8.49. The first-order valence-corrected chi connectivity index (χ1v) is 10.2. The number of benzene rings is 1. The van der Waals surface area contributed by atoms with Crippen molar-refractivity contribution in [1.82, 2.24) is 4.90 Å². The van der Waals surface area contributed by atoms with E-state index in [9.17, 15) is 4.79 Å². The molecular weight excluding hydrogens is 342 g/mol. The molecule has 0 N–H and O–H groups in total. The maximum absolute atomic E-state index is 13.8. The summed E-state index contributed by atoms with van der Waals surface area (Å²) in [5.41, 5.74) is 0.841. The molecule has 27 heavy (non-hydrogen) atoms. The molecule has 0 unspecified atom stereocenters. The van der Waals surface area contributed by atoms with E-state index >= 15 is 0 Å². The summed E-state index contributed by atoms with van der Waals surface area (Å²) in [4.78, 5) is 16.0. The average molecular weight is 373 g/mol. The molecule has 2 aliphatic heterocycles. The third kappa shape index (κ3) is 3.20. The molecule has 0 bridgehead atoms. The van der Waals surface area contributed by atoms with Crippen LogP contribution in [0.4, 0.5) is 0 Å². The zero-order valence-electron chi connectivity index (χ0n) is 16.6. The number of carbonyl (C=O) groups excluding carboxylic acids is 1. The monoisotopic (exact) mass is 373 g/mol. The van der Waals surface area contributed by atoms with Crippen molar-refractivity contribution in [2.75, 3.05) is 40.5 Å². The SMILES string of the molecule is COc1ccc(C2(C(=O)N3CCC[C@]4(CCOC4)C3)CCCC2)cc1OC. The van der Waals surface area contributed by atoms with E-state index < -0.39 is 5.41 Å². The van der Waals surface area contributed by atoms with Crippen LogP contribution in [0.2, 0.25) is 0 Å². The lowest BCUT2D eigenvalue weighted by Crippen LogP contribution is -2.52. The number of methoxy groups -OCH3 is 2. The molecule has 2 heterocycles. The minimum absolute atomic E-state index is 0.186. The molecule has 4 rings (SSSR count). The van der Waals surface area contributed by atoms with Crippen LogP contribution in [0.25, 0.3) is 0 Å². The highest BCUT2D eigenvalue weighted by molar-refractivity contribution is 5.89. The minimum Gasteiger partial charge on any atom is -0.493 e. The van der Waals surface area contributed by atoms with Crippen molar-refractivity contribution >= 4 is 5.91 Å². The quantitative estimate of drug-likeness (QED) is 0.810. The number of carbonyl (C=O) groups is 1. The highest BCUT2D eigenvalue weighted by atomic mass is 16.5. The topological polar surface area (TPSA) is 48.0 Å². The molecule has 2 saturated heterocycles. The molecule has 0 radical (unpaired) electrons. The van der Waals surface area contributed by atoms with Crippen LogP contribution in [-0.2, 0) is 14.9 Å². The van der Waals surface area contributed by atoms with E-state index in [1.165, 1.54) is 6.42 Å². The molecule has 5 nitrogen and oxygen atoms in total. The first kappa shape index (κ1) is 18.6. The van der Waals surface area contributed by atoms with E-state index in [2.05, 4.69) is 11.0 Å². The van der Waals surface area contributed by atoms with Gasteiger partial charge in [0.15, 0.2) is 11.5 Å². The number of likely N-dealkylation sites (tertiary alicyclic amines) is 1. The summed E-state index contributed by atoms with van der Waals surface area (Å²) in [6.45, 7) is 3.36. The number of rotatable bonds is 4. The highest BCUT2D eigenvalue weighted by Gasteiger charge is 2.48. The molecule has 1 atom stereocenters. The number of hydrogen-bond donors (Lipinski definition) is 0. The van der Waals surface area contributed by atoms with Gasteiger partial charge in [0.05, 0.1) is 26.2 Å². The Hall–Kier alpha value is -1.75. The molecule has 148 valence electrons. The van der Waals surface area contributed by atoms with Crippen LogP contribution in [0.1, 0.15) is 50.5 Å². The number of ether oxygens (including phenoxy) is 3. The Morgan fingerprint density at radius 1 is 1.04 bits per heavy atom. The van der Waals surface area contributed by atoms with Gasteiger partial charge >= 0.3 is 0 Å². The molecule has 1 spiro atoms. The van der Waals surface area contributed by atoms with Gasteiger partial charge in [0, 0.05) is 25.1 Å². The molecule has 5 heteroatoms. The van der Waals surface area contributed by atoms with E-state index in [1.54, 1.807) is 14.2 Å². The van der Waals surface area contributed by atoms with Gasteiger partial charge in [-0.05, 0) is 49.8 Å². The third-order valence-corrected chi connectivity index (χ3v) is 6.94. The second-order valence-electron chi connectivity index (χ2n) is 8.49. The molecule has 0 aromatic heterocycles. The van der Waals surface area contributed by atoms with Crippen molar-refractivity contribution in [1.29, 1.82) is 0 Å². The van der Waals surface area contributed by atoms with E-state index in [0.29, 0.717) is 17.4 Å². The summed E-state index contributed by atoms with van der Waals surface area (Å²) >= 11 is 0. The molecule has 1 amide bonds. The van der Waals surface area contributed by atoms with Gasteiger partial charge in [-0.3, -0.25) is 4.79 Å². The minimum atomic E-state index is -0.419. The normalized spacial score (nSPS) is 27.1. The van der Waals surface area contributed by atoms with Gasteiger partial charge in [-0.1, -0.05) is 18.9 Å². The van der Waals surface area contributed by atoms with Crippen molar-refractivity contribution in [3.8, 4) is 11.5 Å². The summed E-state index contributed by atoms with van der Waals surface area (Å²) in [7, 11) is 3.30. The summed E-state index contributed by atoms with van der Waals surface area (Å²) in [6, 6.07) is 6.01. The Morgan fingerprint density at radius 2 is 1.81 bits per heavy atom. The fourth-order valence-corrected chi connectivity index (χ4v) is 5.39. The van der Waals surface area contributed by atoms with Gasteiger partial charge in [0.2, 0.25) is 5.91 Å². The standard InChI is InChI=1S/C22H31NO4/c1-25-18-7-6-17(14-19(18)26-2)22(9-3-4-10-22)20(24)23-12-5-8-21(15-23)11-13-27-16-21/h6-7,14H,3-5,8-13,15-16H2,1-2H3/t21-/m0/s1. The molecule has 1 aromatic rings. The Morgan fingerprint density at radius 3 is 2.48 bits per heavy atom. The van der Waals surface area contributed by atoms with Crippen LogP contribution < -0.4 is 9.47 Å². The molecule has 1 aliphatic carbocycles. The molecule has 1 aromatic carbocycles. The van der Waals surface area contributed by atoms with Gasteiger partial charge in [-0.2, -0.15) is 0 Å². The zero-order valence-corrected chi connectivity index (χ0v) is 16.6. The van der Waals surface area contributed by atoms with E-state index in [4.69, 9.17) is 14.2 Å². The van der Waals surface area contributed by atoms with Crippen LogP contribution in [-0.4, -0.2) is 51.3 Å². The Labute approximate surface area is 162 Å². The van der Waals surface area contributed by atoms with Crippen molar-refractivity contribution in [3.05, 3.63) is 23.8 Å². The summed E-state index contributed by atoms with van der Waals surface area (Å²) in [6.07, 6.45) is 7.38. The lowest BCUT2D eigenvalue weighted by atomic mass is 9.74. The fourth-order valence-electron chi connectivity index (χ4n) is 5.39. The van der Waals surface area contributed by atoms with Gasteiger partial charge in [0.1, 0.15) is 0 Å². The molecule has 3 aliphatic rings. The maximum Gasteiger partial charge on any atom is 0.233 e.